The van der Waals surface area contributed by atoms with Gasteiger partial charge in [0.05, 0.1) is 6.20 Å². The van der Waals surface area contributed by atoms with Crippen LogP contribution in [0.4, 0.5) is 5.82 Å². The molecule has 0 aliphatic heterocycles. The van der Waals surface area contributed by atoms with Crippen LogP contribution in [-0.2, 0) is 4.74 Å². The van der Waals surface area contributed by atoms with E-state index in [1.165, 1.54) is 0 Å². The van der Waals surface area contributed by atoms with Gasteiger partial charge in [-0.15, -0.1) is 0 Å². The van der Waals surface area contributed by atoms with Crippen LogP contribution in [0.25, 0.3) is 11.5 Å². The minimum Gasteiger partial charge on any atom is -0.383 e. The topological polar surface area (TPSA) is 103 Å². The molecule has 2 aromatic heterocycles. The van der Waals surface area contributed by atoms with Crippen molar-refractivity contribution in [2.45, 2.75) is 26.9 Å². The van der Waals surface area contributed by atoms with E-state index < -0.39 is 0 Å². The van der Waals surface area contributed by atoms with Gasteiger partial charge in [-0.3, -0.25) is 5.10 Å². The highest BCUT2D eigenvalue weighted by molar-refractivity contribution is 5.65. The Morgan fingerprint density at radius 1 is 1.50 bits per heavy atom. The zero-order chi connectivity index (χ0) is 13.1. The number of nitrogens with zero attached hydrogens (tertiary/aromatic N) is 3. The molecule has 98 valence electrons. The average molecular weight is 251 g/mol. The molecule has 2 rings (SSSR count). The number of aromatic nitrogens is 4. The molecule has 0 aliphatic carbocycles. The van der Waals surface area contributed by atoms with E-state index in [0.717, 1.165) is 0 Å². The van der Waals surface area contributed by atoms with Gasteiger partial charge in [0.1, 0.15) is 17.5 Å². The van der Waals surface area contributed by atoms with Gasteiger partial charge in [0.25, 0.3) is 5.89 Å². The Labute approximate surface area is 105 Å². The molecular weight excluding hydrogens is 234 g/mol. The maximum Gasteiger partial charge on any atom is 0.263 e. The lowest BCUT2D eigenvalue weighted by molar-refractivity contribution is 0.0217. The summed E-state index contributed by atoms with van der Waals surface area (Å²) < 4.78 is 10.8. The Bertz CT molecular complexity index is 505. The third kappa shape index (κ3) is 2.35. The molecule has 3 N–H and O–H groups in total. The van der Waals surface area contributed by atoms with E-state index in [4.69, 9.17) is 15.0 Å². The molecule has 1 atom stereocenters. The predicted molar refractivity (Wildman–Crippen MR) is 65.5 cm³/mol. The Morgan fingerprint density at radius 3 is 2.83 bits per heavy atom. The fraction of sp³-hybridized carbons (Fsp3) is 0.545. The van der Waals surface area contributed by atoms with Crippen molar-refractivity contribution >= 4 is 5.82 Å². The van der Waals surface area contributed by atoms with Crippen LogP contribution < -0.4 is 5.73 Å². The Kier molecular flexibility index (Phi) is 3.61. The summed E-state index contributed by atoms with van der Waals surface area (Å²) in [5, 5.41) is 10.4. The van der Waals surface area contributed by atoms with Crippen molar-refractivity contribution in [2.24, 2.45) is 5.92 Å². The largest absolute Gasteiger partial charge is 0.383 e. The maximum atomic E-state index is 5.70. The van der Waals surface area contributed by atoms with E-state index in [1.54, 1.807) is 6.20 Å². The smallest absolute Gasteiger partial charge is 0.263 e. The molecule has 0 spiro atoms. The van der Waals surface area contributed by atoms with Crippen LogP contribution in [-0.4, -0.2) is 26.9 Å². The number of nitrogens with one attached hydrogen (secondary N) is 1. The molecular formula is C11H17N5O2. The van der Waals surface area contributed by atoms with Crippen LogP contribution in [0, 0.1) is 5.92 Å². The molecule has 18 heavy (non-hydrogen) atoms. The number of hydrogen-bond donors (Lipinski definition) is 2. The summed E-state index contributed by atoms with van der Waals surface area (Å²) in [6.45, 7) is 6.62. The number of rotatable bonds is 5. The van der Waals surface area contributed by atoms with Crippen LogP contribution in [0.1, 0.15) is 32.7 Å². The third-order valence-electron chi connectivity index (χ3n) is 2.55. The normalized spacial score (nSPS) is 13.1. The van der Waals surface area contributed by atoms with Crippen LogP contribution >= 0.6 is 0 Å². The van der Waals surface area contributed by atoms with Crippen molar-refractivity contribution in [3.05, 3.63) is 12.0 Å². The highest BCUT2D eigenvalue weighted by Crippen LogP contribution is 2.27. The predicted octanol–water partition coefficient (Wildman–Crippen LogP) is 1.78. The number of anilines is 1. The number of ether oxygens (including phenoxy) is 1. The fourth-order valence-electron chi connectivity index (χ4n) is 1.67. The molecule has 0 saturated carbocycles. The van der Waals surface area contributed by atoms with Gasteiger partial charge in [-0.25, -0.2) is 0 Å². The van der Waals surface area contributed by atoms with E-state index in [1.807, 2.05) is 20.8 Å². The lowest BCUT2D eigenvalue weighted by Gasteiger charge is -2.16. The average Bonchev–Trinajstić information content (AvgIpc) is 2.93. The molecule has 1 unspecified atom stereocenters. The Hall–Kier alpha value is -1.89. The molecule has 0 radical (unpaired) electrons. The fourth-order valence-corrected chi connectivity index (χ4v) is 1.67. The second-order valence-corrected chi connectivity index (χ2v) is 4.28. The SMILES string of the molecule is CCOC(c1noc(-c2cn[nH]c2N)n1)C(C)C. The molecule has 0 saturated heterocycles. The first-order chi connectivity index (χ1) is 8.63. The first-order valence-electron chi connectivity index (χ1n) is 5.87. The number of aromatic amines is 1. The lowest BCUT2D eigenvalue weighted by atomic mass is 10.1. The summed E-state index contributed by atoms with van der Waals surface area (Å²) in [5.41, 5.74) is 6.30. The number of nitrogen functional groups attached to an aromatic ring is 1. The summed E-state index contributed by atoms with van der Waals surface area (Å²) in [6.07, 6.45) is 1.37. The minimum absolute atomic E-state index is 0.180. The molecule has 0 fully saturated rings. The van der Waals surface area contributed by atoms with E-state index in [2.05, 4.69) is 20.3 Å². The first-order valence-corrected chi connectivity index (χ1v) is 5.87. The van der Waals surface area contributed by atoms with E-state index >= 15 is 0 Å². The molecule has 0 aromatic carbocycles. The monoisotopic (exact) mass is 251 g/mol. The van der Waals surface area contributed by atoms with Crippen LogP contribution in [0.2, 0.25) is 0 Å². The van der Waals surface area contributed by atoms with Gasteiger partial charge in [-0.2, -0.15) is 10.1 Å². The van der Waals surface area contributed by atoms with Gasteiger partial charge >= 0.3 is 0 Å². The molecule has 7 nitrogen and oxygen atoms in total. The summed E-state index contributed by atoms with van der Waals surface area (Å²) in [6, 6.07) is 0. The zero-order valence-corrected chi connectivity index (χ0v) is 10.7. The van der Waals surface area contributed by atoms with Gasteiger partial charge in [-0.1, -0.05) is 19.0 Å². The Morgan fingerprint density at radius 2 is 2.28 bits per heavy atom. The van der Waals surface area contributed by atoms with Crippen LogP contribution in [0.15, 0.2) is 10.7 Å². The standard InChI is InChI=1S/C11H17N5O2/c1-4-17-8(6(2)3)10-14-11(18-16-10)7-5-13-15-9(7)12/h5-6,8H,4H2,1-3H3,(H3,12,13,15). The van der Waals surface area contributed by atoms with Crippen molar-refractivity contribution < 1.29 is 9.26 Å². The zero-order valence-electron chi connectivity index (χ0n) is 10.7. The van der Waals surface area contributed by atoms with Crippen molar-refractivity contribution in [1.82, 2.24) is 20.3 Å². The van der Waals surface area contributed by atoms with Gasteiger partial charge in [0.15, 0.2) is 0 Å². The summed E-state index contributed by atoms with van der Waals surface area (Å²) in [4.78, 5) is 4.31. The van der Waals surface area contributed by atoms with Gasteiger partial charge in [0, 0.05) is 6.61 Å². The molecule has 2 aromatic rings. The highest BCUT2D eigenvalue weighted by atomic mass is 16.5. The first kappa shape index (κ1) is 12.6. The Balaban J connectivity index is 2.27. The van der Waals surface area contributed by atoms with E-state index in [-0.39, 0.29) is 12.0 Å². The molecule has 0 aliphatic rings. The lowest BCUT2D eigenvalue weighted by Crippen LogP contribution is -2.12. The highest BCUT2D eigenvalue weighted by Gasteiger charge is 2.23. The van der Waals surface area contributed by atoms with E-state index in [9.17, 15) is 0 Å². The van der Waals surface area contributed by atoms with E-state index in [0.29, 0.717) is 29.7 Å². The second-order valence-electron chi connectivity index (χ2n) is 4.28. The summed E-state index contributed by atoms with van der Waals surface area (Å²) in [7, 11) is 0. The number of hydrogen-bond acceptors (Lipinski definition) is 6. The summed E-state index contributed by atoms with van der Waals surface area (Å²) >= 11 is 0. The van der Waals surface area contributed by atoms with Gasteiger partial charge in [-0.05, 0) is 12.8 Å². The second kappa shape index (κ2) is 5.18. The number of H-pyrrole nitrogens is 1. The number of nitrogens with two attached hydrogens (primary N) is 1. The molecule has 0 amide bonds. The van der Waals surface area contributed by atoms with Crippen molar-refractivity contribution in [3.63, 3.8) is 0 Å². The molecule has 2 heterocycles. The third-order valence-corrected chi connectivity index (χ3v) is 2.55. The van der Waals surface area contributed by atoms with Gasteiger partial charge in [0.2, 0.25) is 5.82 Å². The van der Waals surface area contributed by atoms with Crippen LogP contribution in [0.3, 0.4) is 0 Å². The summed E-state index contributed by atoms with van der Waals surface area (Å²) in [5.74, 6) is 1.55. The molecule has 0 bridgehead atoms. The minimum atomic E-state index is -0.180. The van der Waals surface area contributed by atoms with Crippen molar-refractivity contribution in [2.75, 3.05) is 12.3 Å². The quantitative estimate of drug-likeness (QED) is 0.839. The maximum absolute atomic E-state index is 5.70. The van der Waals surface area contributed by atoms with Crippen molar-refractivity contribution in [3.8, 4) is 11.5 Å². The molecule has 7 heteroatoms. The van der Waals surface area contributed by atoms with Crippen molar-refractivity contribution in [1.29, 1.82) is 0 Å². The van der Waals surface area contributed by atoms with Crippen LogP contribution in [0.5, 0.6) is 0 Å². The van der Waals surface area contributed by atoms with Gasteiger partial charge < -0.3 is 15.0 Å².